The van der Waals surface area contributed by atoms with Crippen LogP contribution in [0, 0.1) is 0 Å². The molecule has 0 saturated carbocycles. The van der Waals surface area contributed by atoms with E-state index in [0.717, 1.165) is 22.7 Å². The van der Waals surface area contributed by atoms with Gasteiger partial charge in [0.15, 0.2) is 0 Å². The van der Waals surface area contributed by atoms with Crippen molar-refractivity contribution < 1.29 is 0 Å². The molecule has 0 aliphatic rings. The second kappa shape index (κ2) is 13.8. The molecule has 0 unspecified atom stereocenters. The quantitative estimate of drug-likeness (QED) is 0.158. The molecule has 2 heterocycles. The van der Waals surface area contributed by atoms with Crippen LogP contribution in [0.4, 0.5) is 17.1 Å². The summed E-state index contributed by atoms with van der Waals surface area (Å²) in [6, 6.07) is 79.3. The van der Waals surface area contributed by atoms with Crippen molar-refractivity contribution in [2.24, 2.45) is 0 Å². The van der Waals surface area contributed by atoms with Gasteiger partial charge in [-0.3, -0.25) is 0 Å². The van der Waals surface area contributed by atoms with Crippen LogP contribution in [-0.4, -0.2) is 4.57 Å². The van der Waals surface area contributed by atoms with Crippen molar-refractivity contribution in [2.75, 3.05) is 4.90 Å². The number of fused-ring (bicyclic) bond motifs is 6. The monoisotopic (exact) mass is 744 g/mol. The molecule has 0 saturated heterocycles. The fourth-order valence-electron chi connectivity index (χ4n) is 8.62. The predicted molar refractivity (Wildman–Crippen MR) is 245 cm³/mol. The Kier molecular flexibility index (Phi) is 8.04. The van der Waals surface area contributed by atoms with Crippen LogP contribution in [0.25, 0.3) is 81.0 Å². The number of benzene rings is 9. The maximum Gasteiger partial charge on any atom is 0.0547 e. The highest BCUT2D eigenvalue weighted by atomic mass is 32.1. The van der Waals surface area contributed by atoms with E-state index in [1.165, 1.54) is 75.4 Å². The van der Waals surface area contributed by atoms with E-state index in [4.69, 9.17) is 0 Å². The SMILES string of the molecule is c1ccc(-c2cccc(N(c3ccc(-c4cccc5sc6ccccc6c45)cc3)c3ccc4c(c3)c3c(-c5ccccc5)cccc3n4-c3ccccc3)c2)cc1. The summed E-state index contributed by atoms with van der Waals surface area (Å²) < 4.78 is 5.04. The lowest BCUT2D eigenvalue weighted by Crippen LogP contribution is -2.10. The molecule has 3 heteroatoms. The minimum absolute atomic E-state index is 1.10. The van der Waals surface area contributed by atoms with Crippen LogP contribution in [0.1, 0.15) is 0 Å². The third-order valence-electron chi connectivity index (χ3n) is 11.2. The van der Waals surface area contributed by atoms with Crippen LogP contribution in [0.2, 0.25) is 0 Å². The Morgan fingerprint density at radius 1 is 0.333 bits per heavy atom. The molecule has 0 N–H and O–H groups in total. The van der Waals surface area contributed by atoms with E-state index in [0.29, 0.717) is 0 Å². The molecule has 268 valence electrons. The van der Waals surface area contributed by atoms with Crippen molar-refractivity contribution in [3.63, 3.8) is 0 Å². The van der Waals surface area contributed by atoms with Gasteiger partial charge in [-0.05, 0) is 106 Å². The molecule has 2 aromatic heterocycles. The van der Waals surface area contributed by atoms with Gasteiger partial charge in [0.1, 0.15) is 0 Å². The Hall–Kier alpha value is -7.20. The third-order valence-corrected chi connectivity index (χ3v) is 12.3. The molecule has 0 fully saturated rings. The lowest BCUT2D eigenvalue weighted by Gasteiger charge is -2.26. The number of rotatable bonds is 7. The maximum atomic E-state index is 2.41. The molecule has 9 aromatic carbocycles. The second-order valence-electron chi connectivity index (χ2n) is 14.5. The topological polar surface area (TPSA) is 8.17 Å². The Morgan fingerprint density at radius 2 is 0.912 bits per heavy atom. The van der Waals surface area contributed by atoms with Crippen LogP contribution in [-0.2, 0) is 0 Å². The molecular formula is C54H36N2S. The highest BCUT2D eigenvalue weighted by Gasteiger charge is 2.20. The Labute approximate surface area is 335 Å². The highest BCUT2D eigenvalue weighted by Crippen LogP contribution is 2.45. The summed E-state index contributed by atoms with van der Waals surface area (Å²) >= 11 is 1.86. The van der Waals surface area contributed by atoms with Crippen LogP contribution in [0.15, 0.2) is 218 Å². The lowest BCUT2D eigenvalue weighted by molar-refractivity contribution is 1.18. The predicted octanol–water partition coefficient (Wildman–Crippen LogP) is 15.6. The zero-order chi connectivity index (χ0) is 37.7. The largest absolute Gasteiger partial charge is 0.310 e. The van der Waals surface area contributed by atoms with Crippen molar-refractivity contribution in [2.45, 2.75) is 0 Å². The smallest absolute Gasteiger partial charge is 0.0547 e. The summed E-state index contributed by atoms with van der Waals surface area (Å²) in [5, 5.41) is 5.10. The summed E-state index contributed by atoms with van der Waals surface area (Å²) in [6.45, 7) is 0. The minimum Gasteiger partial charge on any atom is -0.310 e. The summed E-state index contributed by atoms with van der Waals surface area (Å²) in [6.07, 6.45) is 0. The van der Waals surface area contributed by atoms with Gasteiger partial charge in [0.2, 0.25) is 0 Å². The average molecular weight is 745 g/mol. The molecule has 0 bridgehead atoms. The first-order chi connectivity index (χ1) is 28.3. The third kappa shape index (κ3) is 5.71. The van der Waals surface area contributed by atoms with Crippen LogP contribution < -0.4 is 4.90 Å². The molecule has 57 heavy (non-hydrogen) atoms. The molecule has 0 atom stereocenters. The van der Waals surface area contributed by atoms with E-state index in [1.54, 1.807) is 0 Å². The van der Waals surface area contributed by atoms with Gasteiger partial charge in [0.05, 0.1) is 11.0 Å². The van der Waals surface area contributed by atoms with Gasteiger partial charge in [-0.1, -0.05) is 146 Å². The Balaban J connectivity index is 1.13. The summed E-state index contributed by atoms with van der Waals surface area (Å²) in [7, 11) is 0. The molecule has 0 radical (unpaired) electrons. The van der Waals surface area contributed by atoms with E-state index in [1.807, 2.05) is 11.3 Å². The zero-order valence-corrected chi connectivity index (χ0v) is 31.9. The first-order valence-electron chi connectivity index (χ1n) is 19.4. The van der Waals surface area contributed by atoms with Crippen LogP contribution in [0.5, 0.6) is 0 Å². The van der Waals surface area contributed by atoms with Crippen molar-refractivity contribution in [3.8, 4) is 39.1 Å². The van der Waals surface area contributed by atoms with Gasteiger partial charge in [-0.15, -0.1) is 11.3 Å². The van der Waals surface area contributed by atoms with Gasteiger partial charge in [0, 0.05) is 53.7 Å². The first kappa shape index (κ1) is 33.2. The fraction of sp³-hybridized carbons (Fsp3) is 0. The summed E-state index contributed by atoms with van der Waals surface area (Å²) in [4.78, 5) is 2.41. The molecule has 11 rings (SSSR count). The number of hydrogen-bond acceptors (Lipinski definition) is 2. The van der Waals surface area contributed by atoms with E-state index in [9.17, 15) is 0 Å². The van der Waals surface area contributed by atoms with Crippen molar-refractivity contribution in [1.82, 2.24) is 4.57 Å². The molecule has 0 aliphatic heterocycles. The summed E-state index contributed by atoms with van der Waals surface area (Å²) in [5.74, 6) is 0. The molecule has 11 aromatic rings. The Morgan fingerprint density at radius 3 is 1.70 bits per heavy atom. The molecule has 0 spiro atoms. The Bertz CT molecular complexity index is 3220. The fourth-order valence-corrected chi connectivity index (χ4v) is 9.75. The molecule has 2 nitrogen and oxygen atoms in total. The van der Waals surface area contributed by atoms with Crippen molar-refractivity contribution in [1.29, 1.82) is 0 Å². The standard InChI is InChI=1S/C54H36N2S/c1-4-15-37(16-5-1)40-19-12-22-43(35-40)55(42-31-29-39(30-32-42)46-25-14-28-52-54(46)47-23-10-11-27-51(47)57-52)44-33-34-49-48(36-44)53-45(38-17-6-2-7-18-38)24-13-26-50(53)56(49)41-20-8-3-9-21-41/h1-36H. The van der Waals surface area contributed by atoms with E-state index >= 15 is 0 Å². The van der Waals surface area contributed by atoms with Crippen LogP contribution >= 0.6 is 11.3 Å². The molecular weight excluding hydrogens is 709 g/mol. The van der Waals surface area contributed by atoms with Crippen molar-refractivity contribution >= 4 is 70.4 Å². The number of aromatic nitrogens is 1. The van der Waals surface area contributed by atoms with Gasteiger partial charge < -0.3 is 9.47 Å². The van der Waals surface area contributed by atoms with Gasteiger partial charge in [0.25, 0.3) is 0 Å². The average Bonchev–Trinajstić information content (AvgIpc) is 3.84. The van der Waals surface area contributed by atoms with E-state index in [-0.39, 0.29) is 0 Å². The lowest BCUT2D eigenvalue weighted by atomic mass is 9.98. The number of anilines is 3. The van der Waals surface area contributed by atoms with Gasteiger partial charge >= 0.3 is 0 Å². The number of hydrogen-bond donors (Lipinski definition) is 0. The highest BCUT2D eigenvalue weighted by molar-refractivity contribution is 7.25. The molecule has 0 aliphatic carbocycles. The number of nitrogens with zero attached hydrogens (tertiary/aromatic N) is 2. The zero-order valence-electron chi connectivity index (χ0n) is 31.1. The number of para-hydroxylation sites is 1. The number of thiophene rings is 1. The summed E-state index contributed by atoms with van der Waals surface area (Å²) in [5.41, 5.74) is 14.1. The maximum absolute atomic E-state index is 2.41. The second-order valence-corrected chi connectivity index (χ2v) is 15.6. The van der Waals surface area contributed by atoms with Gasteiger partial charge in [-0.2, -0.15) is 0 Å². The minimum atomic E-state index is 1.10. The normalized spacial score (nSPS) is 11.5. The molecule has 0 amide bonds. The van der Waals surface area contributed by atoms with Crippen LogP contribution in [0.3, 0.4) is 0 Å². The van der Waals surface area contributed by atoms with E-state index in [2.05, 4.69) is 228 Å². The van der Waals surface area contributed by atoms with Crippen molar-refractivity contribution in [3.05, 3.63) is 218 Å². The van der Waals surface area contributed by atoms with Gasteiger partial charge in [-0.25, -0.2) is 0 Å². The van der Waals surface area contributed by atoms with E-state index < -0.39 is 0 Å². The first-order valence-corrected chi connectivity index (χ1v) is 20.2.